The van der Waals surface area contributed by atoms with Crippen LogP contribution in [0.5, 0.6) is 0 Å². The number of hydrogen-bond donors (Lipinski definition) is 0. The summed E-state index contributed by atoms with van der Waals surface area (Å²) in [5, 5.41) is 0. The monoisotopic (exact) mass is 407 g/mol. The molecule has 0 amide bonds. The highest BCUT2D eigenvalue weighted by Gasteiger charge is 2.21. The van der Waals surface area contributed by atoms with E-state index in [9.17, 15) is 0 Å². The first-order chi connectivity index (χ1) is 12.4. The van der Waals surface area contributed by atoms with Crippen LogP contribution >= 0.6 is 47.0 Å². The Hall–Kier alpha value is -0.100. The molecule has 5 heteroatoms. The van der Waals surface area contributed by atoms with Gasteiger partial charge in [-0.05, 0) is 72.0 Å². The van der Waals surface area contributed by atoms with Crippen LogP contribution in [-0.2, 0) is 12.8 Å². The van der Waals surface area contributed by atoms with Gasteiger partial charge in [0.2, 0.25) is 0 Å². The molecule has 2 fully saturated rings. The number of hydrogen-bond acceptors (Lipinski definition) is 4. The fourth-order valence-electron chi connectivity index (χ4n) is 3.46. The first-order valence-electron chi connectivity index (χ1n) is 9.11. The van der Waals surface area contributed by atoms with Gasteiger partial charge >= 0.3 is 0 Å². The van der Waals surface area contributed by atoms with E-state index in [1.807, 2.05) is 0 Å². The maximum absolute atomic E-state index is 2.36. The molecule has 2 aliphatic heterocycles. The van der Waals surface area contributed by atoms with Crippen molar-refractivity contribution in [1.29, 1.82) is 0 Å². The summed E-state index contributed by atoms with van der Waals surface area (Å²) in [6.45, 7) is 0. The molecule has 0 bridgehead atoms. The van der Waals surface area contributed by atoms with Gasteiger partial charge in [-0.1, -0.05) is 18.2 Å². The van der Waals surface area contributed by atoms with Crippen LogP contribution in [0, 0.1) is 0 Å². The second kappa shape index (κ2) is 9.20. The quantitative estimate of drug-likeness (QED) is 0.602. The molecular weight excluding hydrogens is 382 g/mol. The molecule has 0 aliphatic carbocycles. The number of para-hydroxylation sites is 1. The molecule has 1 aromatic carbocycles. The SMILES string of the molecule is c1cc(CC2SCCCS2)c(-n2cccc2)c(CC2SCCCS2)c1. The molecule has 0 N–H and O–H groups in total. The topological polar surface area (TPSA) is 4.93 Å². The van der Waals surface area contributed by atoms with Gasteiger partial charge in [-0.25, -0.2) is 0 Å². The van der Waals surface area contributed by atoms with Crippen LogP contribution in [0.15, 0.2) is 42.7 Å². The Morgan fingerprint density at radius 1 is 0.720 bits per heavy atom. The summed E-state index contributed by atoms with van der Waals surface area (Å²) in [6.07, 6.45) is 9.53. The Bertz CT molecular complexity index is 620. The smallest absolute Gasteiger partial charge is 0.0543 e. The lowest BCUT2D eigenvalue weighted by atomic mass is 10.0. The van der Waals surface area contributed by atoms with Crippen molar-refractivity contribution in [2.45, 2.75) is 34.8 Å². The predicted molar refractivity (Wildman–Crippen MR) is 120 cm³/mol. The van der Waals surface area contributed by atoms with E-state index < -0.39 is 0 Å². The number of aromatic nitrogens is 1. The molecule has 1 nitrogen and oxygen atoms in total. The number of rotatable bonds is 5. The third-order valence-corrected chi connectivity index (χ3v) is 10.5. The van der Waals surface area contributed by atoms with Gasteiger partial charge in [0.05, 0.1) is 14.9 Å². The third kappa shape index (κ3) is 4.79. The van der Waals surface area contributed by atoms with Gasteiger partial charge in [-0.15, -0.1) is 47.0 Å². The summed E-state index contributed by atoms with van der Waals surface area (Å²) in [5.74, 6) is 5.30. The van der Waals surface area contributed by atoms with Crippen LogP contribution in [0.3, 0.4) is 0 Å². The summed E-state index contributed by atoms with van der Waals surface area (Å²) < 4.78 is 3.79. The molecule has 0 unspecified atom stereocenters. The number of benzene rings is 1. The van der Waals surface area contributed by atoms with Gasteiger partial charge in [0.25, 0.3) is 0 Å². The summed E-state index contributed by atoms with van der Waals surface area (Å²) >= 11 is 8.60. The Labute approximate surface area is 168 Å². The molecule has 0 radical (unpaired) electrons. The highest BCUT2D eigenvalue weighted by molar-refractivity contribution is 8.17. The summed E-state index contributed by atoms with van der Waals surface area (Å²) in [7, 11) is 0. The summed E-state index contributed by atoms with van der Waals surface area (Å²) in [4.78, 5) is 0. The van der Waals surface area contributed by atoms with Crippen LogP contribution in [-0.4, -0.2) is 36.7 Å². The van der Waals surface area contributed by atoms with Crippen LogP contribution in [0.25, 0.3) is 5.69 Å². The van der Waals surface area contributed by atoms with Crippen LogP contribution in [0.4, 0.5) is 0 Å². The van der Waals surface area contributed by atoms with Crippen molar-refractivity contribution in [2.24, 2.45) is 0 Å². The van der Waals surface area contributed by atoms with E-state index in [4.69, 9.17) is 0 Å². The second-order valence-corrected chi connectivity index (χ2v) is 12.3. The van der Waals surface area contributed by atoms with Gasteiger partial charge < -0.3 is 4.57 Å². The van der Waals surface area contributed by atoms with Crippen molar-refractivity contribution >= 4 is 47.0 Å². The van der Waals surface area contributed by atoms with E-state index >= 15 is 0 Å². The minimum absolute atomic E-state index is 0.719. The molecule has 134 valence electrons. The van der Waals surface area contributed by atoms with Crippen LogP contribution in [0.1, 0.15) is 24.0 Å². The molecule has 3 heterocycles. The fourth-order valence-corrected chi connectivity index (χ4v) is 9.23. The lowest BCUT2D eigenvalue weighted by Crippen LogP contribution is -2.15. The first kappa shape index (κ1) is 18.3. The van der Waals surface area contributed by atoms with E-state index in [0.717, 1.165) is 9.16 Å². The molecule has 0 atom stereocenters. The Morgan fingerprint density at radius 2 is 1.20 bits per heavy atom. The largest absolute Gasteiger partial charge is 0.323 e. The first-order valence-corrected chi connectivity index (χ1v) is 13.3. The highest BCUT2D eigenvalue weighted by atomic mass is 32.2. The van der Waals surface area contributed by atoms with Crippen molar-refractivity contribution in [3.63, 3.8) is 0 Å². The normalized spacial score (nSPS) is 20.0. The molecule has 1 aromatic heterocycles. The minimum Gasteiger partial charge on any atom is -0.323 e. The van der Waals surface area contributed by atoms with Gasteiger partial charge in [-0.3, -0.25) is 0 Å². The average molecular weight is 408 g/mol. The second-order valence-electron chi connectivity index (χ2n) is 6.47. The number of thioether (sulfide) groups is 4. The molecule has 0 saturated carbocycles. The lowest BCUT2D eigenvalue weighted by Gasteiger charge is -2.25. The Balaban J connectivity index is 1.62. The van der Waals surface area contributed by atoms with Gasteiger partial charge in [0.1, 0.15) is 0 Å². The molecule has 4 rings (SSSR count). The van der Waals surface area contributed by atoms with Crippen molar-refractivity contribution in [3.05, 3.63) is 53.9 Å². The van der Waals surface area contributed by atoms with Gasteiger partial charge in [-0.2, -0.15) is 0 Å². The van der Waals surface area contributed by atoms with Crippen molar-refractivity contribution in [1.82, 2.24) is 4.57 Å². The average Bonchev–Trinajstić information content (AvgIpc) is 3.18. The minimum atomic E-state index is 0.719. The standard InChI is InChI=1S/C20H25NS4/c1-2-9-21(8-1)20-16(14-18-22-10-4-11-23-18)6-3-7-17(20)15-19-24-12-5-13-25-19/h1-3,6-9,18-19H,4-5,10-15H2. The van der Waals surface area contributed by atoms with E-state index in [1.54, 1.807) is 0 Å². The lowest BCUT2D eigenvalue weighted by molar-refractivity contribution is 0.951. The maximum Gasteiger partial charge on any atom is 0.0543 e. The summed E-state index contributed by atoms with van der Waals surface area (Å²) in [5.41, 5.74) is 4.49. The molecule has 0 spiro atoms. The third-order valence-electron chi connectivity index (χ3n) is 4.63. The molecule has 2 aromatic rings. The van der Waals surface area contributed by atoms with E-state index in [2.05, 4.69) is 94.3 Å². The van der Waals surface area contributed by atoms with E-state index in [0.29, 0.717) is 0 Å². The number of nitrogens with zero attached hydrogens (tertiary/aromatic N) is 1. The molecular formula is C20H25NS4. The molecule has 2 saturated heterocycles. The van der Waals surface area contributed by atoms with Gasteiger partial charge in [0.15, 0.2) is 0 Å². The highest BCUT2D eigenvalue weighted by Crippen LogP contribution is 2.37. The maximum atomic E-state index is 2.36. The Kier molecular flexibility index (Phi) is 6.73. The molecule has 2 aliphatic rings. The van der Waals surface area contributed by atoms with Crippen LogP contribution < -0.4 is 0 Å². The van der Waals surface area contributed by atoms with Gasteiger partial charge in [0, 0.05) is 12.4 Å². The summed E-state index contributed by atoms with van der Waals surface area (Å²) in [6, 6.07) is 11.3. The van der Waals surface area contributed by atoms with Crippen molar-refractivity contribution in [3.8, 4) is 5.69 Å². The fraction of sp³-hybridized carbons (Fsp3) is 0.500. The zero-order valence-corrected chi connectivity index (χ0v) is 17.7. The zero-order valence-electron chi connectivity index (χ0n) is 14.4. The van der Waals surface area contributed by atoms with Crippen molar-refractivity contribution in [2.75, 3.05) is 23.0 Å². The van der Waals surface area contributed by atoms with E-state index in [1.165, 1.54) is 65.5 Å². The van der Waals surface area contributed by atoms with E-state index in [-0.39, 0.29) is 0 Å². The zero-order chi connectivity index (χ0) is 16.9. The van der Waals surface area contributed by atoms with Crippen LogP contribution in [0.2, 0.25) is 0 Å². The Morgan fingerprint density at radius 3 is 1.68 bits per heavy atom. The predicted octanol–water partition coefficient (Wildman–Crippen LogP) is 5.95. The van der Waals surface area contributed by atoms with Crippen molar-refractivity contribution < 1.29 is 0 Å². The molecule has 25 heavy (non-hydrogen) atoms.